The lowest BCUT2D eigenvalue weighted by molar-refractivity contribution is 0.0798. The molecule has 0 radical (unpaired) electrons. The molecule has 0 spiro atoms. The molecule has 0 amide bonds. The maximum absolute atomic E-state index is 3.58. The third-order valence-electron chi connectivity index (χ3n) is 5.16. The van der Waals surface area contributed by atoms with E-state index in [1.54, 1.807) is 0 Å². The molecule has 0 bridgehead atoms. The van der Waals surface area contributed by atoms with Crippen molar-refractivity contribution in [2.45, 2.75) is 57.2 Å². The van der Waals surface area contributed by atoms with E-state index in [2.05, 4.69) is 55.4 Å². The summed E-state index contributed by atoms with van der Waals surface area (Å²) in [5, 5.41) is 3.58. The summed E-state index contributed by atoms with van der Waals surface area (Å²) in [4.78, 5) is 2.75. The summed E-state index contributed by atoms with van der Waals surface area (Å²) in [5.74, 6) is 0. The molecule has 1 N–H and O–H groups in total. The second-order valence-corrected chi connectivity index (χ2v) is 6.68. The van der Waals surface area contributed by atoms with Crippen LogP contribution in [0.2, 0.25) is 0 Å². The smallest absolute Gasteiger partial charge is 0.0478 e. The minimum Gasteiger partial charge on any atom is -0.312 e. The van der Waals surface area contributed by atoms with Gasteiger partial charge in [-0.25, -0.2) is 0 Å². The van der Waals surface area contributed by atoms with E-state index < -0.39 is 0 Å². The number of likely N-dealkylation sites (tertiary alicyclic amines) is 1. The fraction of sp³-hybridized carbons (Fsp3) is 0.647. The molecule has 0 saturated carbocycles. The Hall–Kier alpha value is -0.860. The summed E-state index contributed by atoms with van der Waals surface area (Å²) in [6.45, 7) is 6.08. The highest BCUT2D eigenvalue weighted by atomic mass is 15.3. The van der Waals surface area contributed by atoms with E-state index in [0.717, 1.165) is 0 Å². The van der Waals surface area contributed by atoms with Crippen LogP contribution in [0.25, 0.3) is 0 Å². The van der Waals surface area contributed by atoms with Crippen molar-refractivity contribution in [3.05, 3.63) is 35.4 Å². The van der Waals surface area contributed by atoms with E-state index in [9.17, 15) is 0 Å². The SMILES string of the molecule is CNC1c2ccccc2CCC1N1CCCC1(C)C. The van der Waals surface area contributed by atoms with E-state index in [-0.39, 0.29) is 0 Å². The first-order chi connectivity index (χ1) is 9.13. The highest BCUT2D eigenvalue weighted by Gasteiger charge is 2.41. The van der Waals surface area contributed by atoms with Crippen LogP contribution in [0.5, 0.6) is 0 Å². The third-order valence-corrected chi connectivity index (χ3v) is 5.16. The molecule has 2 nitrogen and oxygen atoms in total. The summed E-state index contributed by atoms with van der Waals surface area (Å²) in [6.07, 6.45) is 5.20. The molecule has 2 atom stereocenters. The summed E-state index contributed by atoms with van der Waals surface area (Å²) in [6, 6.07) is 10.1. The topological polar surface area (TPSA) is 15.3 Å². The number of benzene rings is 1. The maximum atomic E-state index is 3.58. The first-order valence-electron chi connectivity index (χ1n) is 7.65. The minimum atomic E-state index is 0.367. The van der Waals surface area contributed by atoms with Crippen LogP contribution >= 0.6 is 0 Å². The lowest BCUT2D eigenvalue weighted by Gasteiger charge is -2.45. The Morgan fingerprint density at radius 2 is 2.05 bits per heavy atom. The zero-order chi connectivity index (χ0) is 13.5. The predicted molar refractivity (Wildman–Crippen MR) is 80.4 cm³/mol. The van der Waals surface area contributed by atoms with E-state index in [1.807, 2.05) is 0 Å². The Balaban J connectivity index is 1.92. The van der Waals surface area contributed by atoms with Crippen molar-refractivity contribution in [2.24, 2.45) is 0 Å². The highest BCUT2D eigenvalue weighted by Crippen LogP contribution is 2.39. The van der Waals surface area contributed by atoms with Crippen LogP contribution in [0, 0.1) is 0 Å². The molecule has 2 unspecified atom stereocenters. The van der Waals surface area contributed by atoms with Crippen LogP contribution in [0.15, 0.2) is 24.3 Å². The fourth-order valence-electron chi connectivity index (χ4n) is 4.17. The zero-order valence-corrected chi connectivity index (χ0v) is 12.4. The Bertz CT molecular complexity index is 452. The van der Waals surface area contributed by atoms with Crippen molar-refractivity contribution >= 4 is 0 Å². The number of hydrogen-bond donors (Lipinski definition) is 1. The Labute approximate surface area is 117 Å². The summed E-state index contributed by atoms with van der Waals surface area (Å²) in [5.41, 5.74) is 3.42. The number of aryl methyl sites for hydroxylation is 1. The van der Waals surface area contributed by atoms with Gasteiger partial charge in [-0.3, -0.25) is 4.90 Å². The van der Waals surface area contributed by atoms with Gasteiger partial charge in [0.15, 0.2) is 0 Å². The lowest BCUT2D eigenvalue weighted by atomic mass is 9.82. The predicted octanol–water partition coefficient (Wildman–Crippen LogP) is 3.14. The average molecular weight is 258 g/mol. The Morgan fingerprint density at radius 1 is 1.26 bits per heavy atom. The van der Waals surface area contributed by atoms with E-state index in [1.165, 1.54) is 43.4 Å². The van der Waals surface area contributed by atoms with Crippen molar-refractivity contribution in [3.8, 4) is 0 Å². The molecular weight excluding hydrogens is 232 g/mol. The monoisotopic (exact) mass is 258 g/mol. The Morgan fingerprint density at radius 3 is 2.74 bits per heavy atom. The second-order valence-electron chi connectivity index (χ2n) is 6.68. The van der Waals surface area contributed by atoms with Gasteiger partial charge in [-0.05, 0) is 64.3 Å². The number of nitrogens with one attached hydrogen (secondary N) is 1. The van der Waals surface area contributed by atoms with Gasteiger partial charge in [0.2, 0.25) is 0 Å². The first kappa shape index (κ1) is 13.1. The number of nitrogens with zero attached hydrogens (tertiary/aromatic N) is 1. The van der Waals surface area contributed by atoms with Crippen LogP contribution in [0.3, 0.4) is 0 Å². The zero-order valence-electron chi connectivity index (χ0n) is 12.4. The van der Waals surface area contributed by atoms with E-state index in [0.29, 0.717) is 17.6 Å². The van der Waals surface area contributed by atoms with Gasteiger partial charge in [0.25, 0.3) is 0 Å². The molecule has 1 aromatic carbocycles. The maximum Gasteiger partial charge on any atom is 0.0478 e. The number of likely N-dealkylation sites (N-methyl/N-ethyl adjacent to an activating group) is 1. The van der Waals surface area contributed by atoms with Crippen LogP contribution in [0.4, 0.5) is 0 Å². The molecule has 1 aliphatic carbocycles. The highest BCUT2D eigenvalue weighted by molar-refractivity contribution is 5.34. The van der Waals surface area contributed by atoms with Crippen molar-refractivity contribution in [2.75, 3.05) is 13.6 Å². The summed E-state index contributed by atoms with van der Waals surface area (Å²) in [7, 11) is 2.11. The van der Waals surface area contributed by atoms with Gasteiger partial charge in [-0.1, -0.05) is 24.3 Å². The summed E-state index contributed by atoms with van der Waals surface area (Å²) >= 11 is 0. The Kier molecular flexibility index (Phi) is 3.40. The molecule has 1 fully saturated rings. The van der Waals surface area contributed by atoms with Gasteiger partial charge in [-0.15, -0.1) is 0 Å². The molecule has 2 heteroatoms. The lowest BCUT2D eigenvalue weighted by Crippen LogP contribution is -2.52. The standard InChI is InChI=1S/C17H26N2/c1-17(2)11-6-12-19(17)15-10-9-13-7-4-5-8-14(13)16(15)18-3/h4-5,7-8,15-16,18H,6,9-12H2,1-3H3. The van der Waals surface area contributed by atoms with Crippen LogP contribution in [0.1, 0.15) is 50.3 Å². The number of rotatable bonds is 2. The molecule has 1 aromatic rings. The molecule has 3 rings (SSSR count). The largest absolute Gasteiger partial charge is 0.312 e. The van der Waals surface area contributed by atoms with Crippen LogP contribution in [-0.4, -0.2) is 30.1 Å². The molecule has 1 saturated heterocycles. The number of fused-ring (bicyclic) bond motifs is 1. The van der Waals surface area contributed by atoms with E-state index in [4.69, 9.17) is 0 Å². The normalized spacial score (nSPS) is 30.3. The first-order valence-corrected chi connectivity index (χ1v) is 7.65. The average Bonchev–Trinajstić information content (AvgIpc) is 2.77. The van der Waals surface area contributed by atoms with Crippen molar-refractivity contribution in [1.29, 1.82) is 0 Å². The van der Waals surface area contributed by atoms with Crippen LogP contribution in [-0.2, 0) is 6.42 Å². The van der Waals surface area contributed by atoms with Gasteiger partial charge >= 0.3 is 0 Å². The number of hydrogen-bond acceptors (Lipinski definition) is 2. The van der Waals surface area contributed by atoms with Gasteiger partial charge in [-0.2, -0.15) is 0 Å². The second kappa shape index (κ2) is 4.92. The van der Waals surface area contributed by atoms with Gasteiger partial charge < -0.3 is 5.32 Å². The van der Waals surface area contributed by atoms with Crippen molar-refractivity contribution in [3.63, 3.8) is 0 Å². The molecule has 1 aliphatic heterocycles. The van der Waals surface area contributed by atoms with E-state index >= 15 is 0 Å². The van der Waals surface area contributed by atoms with Gasteiger partial charge in [0.1, 0.15) is 0 Å². The van der Waals surface area contributed by atoms with Crippen molar-refractivity contribution in [1.82, 2.24) is 10.2 Å². The molecular formula is C17H26N2. The third kappa shape index (κ3) is 2.21. The fourth-order valence-corrected chi connectivity index (χ4v) is 4.17. The van der Waals surface area contributed by atoms with Gasteiger partial charge in [0.05, 0.1) is 0 Å². The van der Waals surface area contributed by atoms with Crippen LogP contribution < -0.4 is 5.32 Å². The summed E-state index contributed by atoms with van der Waals surface area (Å²) < 4.78 is 0. The quantitative estimate of drug-likeness (QED) is 0.876. The van der Waals surface area contributed by atoms with Crippen molar-refractivity contribution < 1.29 is 0 Å². The molecule has 1 heterocycles. The minimum absolute atomic E-state index is 0.367. The van der Waals surface area contributed by atoms with Gasteiger partial charge in [0, 0.05) is 17.6 Å². The molecule has 2 aliphatic rings. The molecule has 19 heavy (non-hydrogen) atoms. The molecule has 0 aromatic heterocycles. The molecule has 104 valence electrons.